The minimum Gasteiger partial charge on any atom is -0.197 e. The molecular weight excluding hydrogens is 407 g/mol. The van der Waals surface area contributed by atoms with Crippen molar-refractivity contribution < 1.29 is 0 Å². The highest BCUT2D eigenvalue weighted by Crippen LogP contribution is 2.33. The lowest BCUT2D eigenvalue weighted by Gasteiger charge is -2.10. The van der Waals surface area contributed by atoms with Gasteiger partial charge < -0.3 is 0 Å². The Kier molecular flexibility index (Phi) is 3.65. The molecule has 0 N–H and O–H groups in total. The average Bonchev–Trinajstić information content (AvgIpc) is 3.00. The maximum absolute atomic E-state index is 4.21. The Morgan fingerprint density at radius 2 is 2.06 bits per heavy atom. The summed E-state index contributed by atoms with van der Waals surface area (Å²) in [5, 5.41) is 12.2. The Hall–Kier alpha value is -0.500. The van der Waals surface area contributed by atoms with Crippen LogP contribution in [0.3, 0.4) is 0 Å². The predicted octanol–water partition coefficient (Wildman–Crippen LogP) is 3.69. The van der Waals surface area contributed by atoms with E-state index in [0.717, 1.165) is 16.0 Å². The summed E-state index contributed by atoms with van der Waals surface area (Å²) in [5.41, 5.74) is 1.02. The molecular formula is C12H12BrIN4. The lowest BCUT2D eigenvalue weighted by atomic mass is 10.1. The van der Waals surface area contributed by atoms with Gasteiger partial charge in [-0.1, -0.05) is 12.8 Å². The molecule has 0 unspecified atom stereocenters. The molecule has 1 heterocycles. The molecule has 0 bridgehead atoms. The van der Waals surface area contributed by atoms with Crippen molar-refractivity contribution in [3.8, 4) is 5.69 Å². The smallest absolute Gasteiger partial charge is 0.159 e. The number of aromatic nitrogens is 4. The zero-order valence-corrected chi connectivity index (χ0v) is 13.4. The first-order valence-corrected chi connectivity index (χ1v) is 7.86. The zero-order valence-electron chi connectivity index (χ0n) is 9.68. The van der Waals surface area contributed by atoms with Gasteiger partial charge >= 0.3 is 0 Å². The van der Waals surface area contributed by atoms with Gasteiger partial charge in [-0.15, -0.1) is 5.10 Å². The molecule has 1 aliphatic carbocycles. The van der Waals surface area contributed by atoms with Crippen molar-refractivity contribution in [3.63, 3.8) is 0 Å². The van der Waals surface area contributed by atoms with Crippen molar-refractivity contribution in [1.82, 2.24) is 20.2 Å². The van der Waals surface area contributed by atoms with Crippen molar-refractivity contribution in [2.24, 2.45) is 0 Å². The molecule has 94 valence electrons. The second kappa shape index (κ2) is 5.24. The molecule has 2 aromatic rings. The van der Waals surface area contributed by atoms with Crippen molar-refractivity contribution in [3.05, 3.63) is 32.1 Å². The number of tetrazole rings is 1. The Morgan fingerprint density at radius 1 is 1.28 bits per heavy atom. The second-order valence-electron chi connectivity index (χ2n) is 4.53. The number of halogens is 2. The first kappa shape index (κ1) is 12.5. The summed E-state index contributed by atoms with van der Waals surface area (Å²) in [4.78, 5) is 0. The maximum atomic E-state index is 4.21. The van der Waals surface area contributed by atoms with Gasteiger partial charge in [0.15, 0.2) is 5.82 Å². The van der Waals surface area contributed by atoms with E-state index in [1.807, 2.05) is 4.68 Å². The summed E-state index contributed by atoms with van der Waals surface area (Å²) in [6, 6.07) is 6.19. The number of rotatable bonds is 2. The van der Waals surface area contributed by atoms with E-state index in [4.69, 9.17) is 0 Å². The van der Waals surface area contributed by atoms with Crippen LogP contribution in [0.5, 0.6) is 0 Å². The Morgan fingerprint density at radius 3 is 2.78 bits per heavy atom. The fourth-order valence-electron chi connectivity index (χ4n) is 2.43. The first-order valence-electron chi connectivity index (χ1n) is 5.99. The molecule has 1 saturated carbocycles. The fraction of sp³-hybridized carbons (Fsp3) is 0.417. The summed E-state index contributed by atoms with van der Waals surface area (Å²) in [5.74, 6) is 1.51. The molecule has 1 aromatic carbocycles. The second-order valence-corrected chi connectivity index (χ2v) is 6.55. The van der Waals surface area contributed by atoms with Gasteiger partial charge in [0.25, 0.3) is 0 Å². The molecule has 1 fully saturated rings. The van der Waals surface area contributed by atoms with Crippen molar-refractivity contribution in [2.45, 2.75) is 31.6 Å². The van der Waals surface area contributed by atoms with Gasteiger partial charge in [-0.3, -0.25) is 0 Å². The fourth-order valence-corrected chi connectivity index (χ4v) is 3.14. The highest BCUT2D eigenvalue weighted by Gasteiger charge is 2.23. The monoisotopic (exact) mass is 418 g/mol. The third-order valence-electron chi connectivity index (χ3n) is 3.36. The van der Waals surface area contributed by atoms with E-state index >= 15 is 0 Å². The van der Waals surface area contributed by atoms with E-state index in [9.17, 15) is 0 Å². The Bertz CT molecular complexity index is 563. The average molecular weight is 419 g/mol. The number of hydrogen-bond donors (Lipinski definition) is 0. The summed E-state index contributed by atoms with van der Waals surface area (Å²) >= 11 is 5.85. The van der Waals surface area contributed by atoms with Crippen molar-refractivity contribution >= 4 is 38.5 Å². The van der Waals surface area contributed by atoms with E-state index in [1.54, 1.807) is 0 Å². The summed E-state index contributed by atoms with van der Waals surface area (Å²) in [6.45, 7) is 0. The maximum Gasteiger partial charge on any atom is 0.159 e. The van der Waals surface area contributed by atoms with Crippen LogP contribution in [0.1, 0.15) is 37.4 Å². The Labute approximate surface area is 127 Å². The zero-order chi connectivity index (χ0) is 12.5. The summed E-state index contributed by atoms with van der Waals surface area (Å²) in [6.07, 6.45) is 4.97. The van der Waals surface area contributed by atoms with Crippen LogP contribution in [0.4, 0.5) is 0 Å². The molecule has 0 aliphatic heterocycles. The highest BCUT2D eigenvalue weighted by molar-refractivity contribution is 14.1. The molecule has 0 amide bonds. The van der Waals surface area contributed by atoms with Crippen LogP contribution in [-0.4, -0.2) is 20.2 Å². The Balaban J connectivity index is 2.00. The number of hydrogen-bond acceptors (Lipinski definition) is 3. The molecule has 0 spiro atoms. The van der Waals surface area contributed by atoms with Crippen LogP contribution in [0, 0.1) is 3.57 Å². The molecule has 1 aromatic heterocycles. The quantitative estimate of drug-likeness (QED) is 0.698. The van der Waals surface area contributed by atoms with Crippen LogP contribution in [0.15, 0.2) is 22.7 Å². The van der Waals surface area contributed by atoms with Gasteiger partial charge in [-0.05, 0) is 80.0 Å². The number of nitrogens with zero attached hydrogens (tertiary/aromatic N) is 4. The normalized spacial score (nSPS) is 16.3. The summed E-state index contributed by atoms with van der Waals surface area (Å²) < 4.78 is 4.14. The van der Waals surface area contributed by atoms with Gasteiger partial charge in [0.05, 0.1) is 5.69 Å². The summed E-state index contributed by atoms with van der Waals surface area (Å²) in [7, 11) is 0. The first-order chi connectivity index (χ1) is 8.75. The van der Waals surface area contributed by atoms with Gasteiger partial charge in [-0.2, -0.15) is 4.68 Å². The van der Waals surface area contributed by atoms with Crippen molar-refractivity contribution in [2.75, 3.05) is 0 Å². The van der Waals surface area contributed by atoms with Crippen LogP contribution in [0.25, 0.3) is 5.69 Å². The number of benzene rings is 1. The van der Waals surface area contributed by atoms with E-state index in [-0.39, 0.29) is 0 Å². The van der Waals surface area contributed by atoms with E-state index in [1.165, 1.54) is 29.3 Å². The molecule has 4 nitrogen and oxygen atoms in total. The lowest BCUT2D eigenvalue weighted by molar-refractivity contribution is 0.636. The van der Waals surface area contributed by atoms with Gasteiger partial charge in [0.2, 0.25) is 0 Å². The third kappa shape index (κ3) is 2.32. The van der Waals surface area contributed by atoms with Crippen LogP contribution >= 0.6 is 38.5 Å². The topological polar surface area (TPSA) is 43.6 Å². The predicted molar refractivity (Wildman–Crippen MR) is 80.8 cm³/mol. The minimum atomic E-state index is 0.512. The lowest BCUT2D eigenvalue weighted by Crippen LogP contribution is -2.06. The van der Waals surface area contributed by atoms with Crippen LogP contribution in [0.2, 0.25) is 0 Å². The molecule has 0 radical (unpaired) electrons. The van der Waals surface area contributed by atoms with Crippen LogP contribution < -0.4 is 0 Å². The standard InChI is InChI=1S/C12H12BrIN4/c13-10-7-9(5-6-11(10)14)18-12(15-16-17-18)8-3-1-2-4-8/h5-8H,1-4H2. The SMILES string of the molecule is Brc1cc(-n2nnnc2C2CCCC2)ccc1I. The minimum absolute atomic E-state index is 0.512. The molecule has 3 rings (SSSR count). The van der Waals surface area contributed by atoms with Gasteiger partial charge in [-0.25, -0.2) is 0 Å². The third-order valence-corrected chi connectivity index (χ3v) is 5.70. The molecule has 6 heteroatoms. The van der Waals surface area contributed by atoms with Gasteiger partial charge in [0.1, 0.15) is 0 Å². The van der Waals surface area contributed by atoms with Gasteiger partial charge in [0, 0.05) is 14.0 Å². The largest absolute Gasteiger partial charge is 0.197 e. The highest BCUT2D eigenvalue weighted by atomic mass is 127. The molecule has 18 heavy (non-hydrogen) atoms. The van der Waals surface area contributed by atoms with E-state index in [0.29, 0.717) is 5.92 Å². The van der Waals surface area contributed by atoms with E-state index in [2.05, 4.69) is 72.2 Å². The van der Waals surface area contributed by atoms with E-state index < -0.39 is 0 Å². The molecule has 0 atom stereocenters. The van der Waals surface area contributed by atoms with Crippen molar-refractivity contribution in [1.29, 1.82) is 0 Å². The molecule has 1 aliphatic rings. The van der Waals surface area contributed by atoms with Crippen LogP contribution in [-0.2, 0) is 0 Å². The molecule has 0 saturated heterocycles.